The zero-order valence-electron chi connectivity index (χ0n) is 11.9. The van der Waals surface area contributed by atoms with Crippen LogP contribution < -0.4 is 4.74 Å². The Hall–Kier alpha value is -0.860. The van der Waals surface area contributed by atoms with Crippen LogP contribution in [0.4, 0.5) is 0 Å². The molecule has 8 heteroatoms. The van der Waals surface area contributed by atoms with E-state index in [0.29, 0.717) is 18.8 Å². The number of sulfonamides is 1. The number of aliphatic hydroxyl groups excluding tert-OH is 1. The van der Waals surface area contributed by atoms with Gasteiger partial charge in [0.2, 0.25) is 10.0 Å². The number of nitrogens with zero attached hydrogens (tertiary/aromatic N) is 1. The molecule has 1 aromatic carbocycles. The van der Waals surface area contributed by atoms with Gasteiger partial charge in [-0.25, -0.2) is 8.42 Å². The molecule has 0 radical (unpaired) electrons. The van der Waals surface area contributed by atoms with Crippen LogP contribution in [0.3, 0.4) is 0 Å². The standard InChI is InChI=1S/C13H18ClNO5S/c1-9-8-20-4-3-15(9)21(17,18)12-6-11(14)5-10(7-16)13(12)19-2/h5-6,9,16H,3-4,7-8H2,1-2H3. The third kappa shape index (κ3) is 3.17. The van der Waals surface area contributed by atoms with Crippen molar-refractivity contribution >= 4 is 21.6 Å². The molecule has 1 saturated heterocycles. The average Bonchev–Trinajstić information content (AvgIpc) is 2.46. The van der Waals surface area contributed by atoms with Crippen LogP contribution in [0.2, 0.25) is 5.02 Å². The van der Waals surface area contributed by atoms with Crippen LogP contribution in [0.15, 0.2) is 17.0 Å². The first kappa shape index (κ1) is 16.5. The van der Waals surface area contributed by atoms with Crippen LogP contribution >= 0.6 is 11.6 Å². The van der Waals surface area contributed by atoms with Crippen molar-refractivity contribution in [1.29, 1.82) is 0 Å². The van der Waals surface area contributed by atoms with E-state index < -0.39 is 10.0 Å². The Morgan fingerprint density at radius 1 is 1.52 bits per heavy atom. The molecule has 1 aliphatic heterocycles. The Labute approximate surface area is 129 Å². The van der Waals surface area contributed by atoms with Gasteiger partial charge in [-0.05, 0) is 19.1 Å². The zero-order valence-corrected chi connectivity index (χ0v) is 13.4. The minimum absolute atomic E-state index is 0.0321. The van der Waals surface area contributed by atoms with Crippen LogP contribution in [-0.2, 0) is 21.4 Å². The molecule has 0 saturated carbocycles. The highest BCUT2D eigenvalue weighted by molar-refractivity contribution is 7.89. The summed E-state index contributed by atoms with van der Waals surface area (Å²) < 4.78 is 37.5. The first-order valence-electron chi connectivity index (χ1n) is 6.48. The second-order valence-electron chi connectivity index (χ2n) is 4.79. The number of hydrogen-bond donors (Lipinski definition) is 1. The minimum Gasteiger partial charge on any atom is -0.495 e. The molecule has 0 bridgehead atoms. The molecule has 0 aliphatic carbocycles. The molecule has 21 heavy (non-hydrogen) atoms. The summed E-state index contributed by atoms with van der Waals surface area (Å²) in [5.74, 6) is 0.126. The van der Waals surface area contributed by atoms with Gasteiger partial charge in [0, 0.05) is 23.2 Å². The minimum atomic E-state index is -3.78. The van der Waals surface area contributed by atoms with Gasteiger partial charge in [-0.2, -0.15) is 4.31 Å². The van der Waals surface area contributed by atoms with Gasteiger partial charge in [-0.15, -0.1) is 0 Å². The number of hydrogen-bond acceptors (Lipinski definition) is 5. The SMILES string of the molecule is COc1c(CO)cc(Cl)cc1S(=O)(=O)N1CCOCC1C. The maximum Gasteiger partial charge on any atom is 0.247 e. The fourth-order valence-electron chi connectivity index (χ4n) is 2.36. The second-order valence-corrected chi connectivity index (χ2v) is 7.09. The fourth-order valence-corrected chi connectivity index (χ4v) is 4.49. The third-order valence-corrected chi connectivity index (χ3v) is 5.60. The van der Waals surface area contributed by atoms with E-state index in [1.54, 1.807) is 6.92 Å². The topological polar surface area (TPSA) is 76.1 Å². The monoisotopic (exact) mass is 335 g/mol. The van der Waals surface area contributed by atoms with E-state index in [0.717, 1.165) is 0 Å². The number of rotatable bonds is 4. The first-order chi connectivity index (χ1) is 9.91. The Bertz CT molecular complexity index is 619. The van der Waals surface area contributed by atoms with Gasteiger partial charge in [0.25, 0.3) is 0 Å². The highest BCUT2D eigenvalue weighted by Gasteiger charge is 2.34. The smallest absolute Gasteiger partial charge is 0.247 e. The number of halogens is 1. The summed E-state index contributed by atoms with van der Waals surface area (Å²) >= 11 is 5.96. The lowest BCUT2D eigenvalue weighted by Gasteiger charge is -2.32. The molecule has 2 rings (SSSR count). The van der Waals surface area contributed by atoms with Gasteiger partial charge in [0.05, 0.1) is 26.9 Å². The van der Waals surface area contributed by atoms with Gasteiger partial charge < -0.3 is 14.6 Å². The van der Waals surface area contributed by atoms with E-state index in [9.17, 15) is 13.5 Å². The van der Waals surface area contributed by atoms with Crippen molar-refractivity contribution in [3.8, 4) is 5.75 Å². The van der Waals surface area contributed by atoms with E-state index in [4.69, 9.17) is 21.1 Å². The maximum absolute atomic E-state index is 12.8. The Morgan fingerprint density at radius 3 is 2.81 bits per heavy atom. The molecule has 0 spiro atoms. The van der Waals surface area contributed by atoms with Crippen LogP contribution in [0.1, 0.15) is 12.5 Å². The Morgan fingerprint density at radius 2 is 2.24 bits per heavy atom. The van der Waals surface area contributed by atoms with Crippen molar-refractivity contribution in [3.63, 3.8) is 0 Å². The van der Waals surface area contributed by atoms with E-state index >= 15 is 0 Å². The molecule has 6 nitrogen and oxygen atoms in total. The predicted octanol–water partition coefficient (Wildman–Crippen LogP) is 1.25. The lowest BCUT2D eigenvalue weighted by atomic mass is 10.2. The first-order valence-corrected chi connectivity index (χ1v) is 8.30. The van der Waals surface area contributed by atoms with E-state index in [1.807, 2.05) is 0 Å². The fraction of sp³-hybridized carbons (Fsp3) is 0.538. The Kier molecular flexibility index (Phi) is 5.11. The van der Waals surface area contributed by atoms with Crippen molar-refractivity contribution in [2.45, 2.75) is 24.5 Å². The van der Waals surface area contributed by atoms with Crippen LogP contribution in [0, 0.1) is 0 Å². The highest BCUT2D eigenvalue weighted by Crippen LogP contribution is 2.34. The van der Waals surface area contributed by atoms with Crippen LogP contribution in [-0.4, -0.2) is 50.7 Å². The second kappa shape index (κ2) is 6.50. The molecule has 1 aromatic rings. The van der Waals surface area contributed by atoms with Gasteiger partial charge in [0.1, 0.15) is 10.6 Å². The molecular formula is C13H18ClNO5S. The van der Waals surface area contributed by atoms with Crippen molar-refractivity contribution in [1.82, 2.24) is 4.31 Å². The molecule has 1 fully saturated rings. The number of ether oxygens (including phenoxy) is 2. The van der Waals surface area contributed by atoms with Gasteiger partial charge >= 0.3 is 0 Å². The summed E-state index contributed by atoms with van der Waals surface area (Å²) in [6.07, 6.45) is 0. The number of methoxy groups -OCH3 is 1. The van der Waals surface area contributed by atoms with Crippen molar-refractivity contribution in [3.05, 3.63) is 22.7 Å². The highest BCUT2D eigenvalue weighted by atomic mass is 35.5. The quantitative estimate of drug-likeness (QED) is 0.896. The molecule has 0 aromatic heterocycles. The molecule has 1 N–H and O–H groups in total. The number of morpholine rings is 1. The summed E-state index contributed by atoms with van der Waals surface area (Å²) in [7, 11) is -2.41. The van der Waals surface area contributed by atoms with Crippen molar-refractivity contribution in [2.24, 2.45) is 0 Å². The average molecular weight is 336 g/mol. The summed E-state index contributed by atoms with van der Waals surface area (Å²) in [6.45, 7) is 2.38. The zero-order chi connectivity index (χ0) is 15.6. The lowest BCUT2D eigenvalue weighted by molar-refractivity contribution is 0.0392. The molecule has 1 atom stereocenters. The number of aliphatic hydroxyl groups is 1. The van der Waals surface area contributed by atoms with Crippen molar-refractivity contribution < 1.29 is 23.0 Å². The Balaban J connectivity index is 2.56. The normalized spacial score (nSPS) is 20.5. The molecule has 0 amide bonds. The van der Waals surface area contributed by atoms with Crippen molar-refractivity contribution in [2.75, 3.05) is 26.9 Å². The van der Waals surface area contributed by atoms with Gasteiger partial charge in [0.15, 0.2) is 0 Å². The molecule has 1 aliphatic rings. The summed E-state index contributed by atoms with van der Waals surface area (Å²) in [4.78, 5) is -0.0321. The maximum atomic E-state index is 12.8. The summed E-state index contributed by atoms with van der Waals surface area (Å²) in [6, 6.07) is 2.56. The number of benzene rings is 1. The van der Waals surface area contributed by atoms with Gasteiger partial charge in [-0.1, -0.05) is 11.6 Å². The van der Waals surface area contributed by atoms with Crippen LogP contribution in [0.5, 0.6) is 5.75 Å². The predicted molar refractivity (Wildman–Crippen MR) is 78.1 cm³/mol. The van der Waals surface area contributed by atoms with E-state index in [2.05, 4.69) is 0 Å². The lowest BCUT2D eigenvalue weighted by Crippen LogP contribution is -2.47. The molecule has 1 heterocycles. The van der Waals surface area contributed by atoms with Gasteiger partial charge in [-0.3, -0.25) is 0 Å². The third-order valence-electron chi connectivity index (χ3n) is 3.36. The molecule has 1 unspecified atom stereocenters. The summed E-state index contributed by atoms with van der Waals surface area (Å²) in [5, 5.41) is 9.59. The molecule has 118 valence electrons. The van der Waals surface area contributed by atoms with E-state index in [-0.39, 0.29) is 34.9 Å². The molecular weight excluding hydrogens is 318 g/mol. The van der Waals surface area contributed by atoms with Crippen LogP contribution in [0.25, 0.3) is 0 Å². The largest absolute Gasteiger partial charge is 0.495 e. The van der Waals surface area contributed by atoms with E-state index in [1.165, 1.54) is 23.5 Å². The summed E-state index contributed by atoms with van der Waals surface area (Å²) in [5.41, 5.74) is 0.337.